The van der Waals surface area contributed by atoms with Gasteiger partial charge in [0.2, 0.25) is 5.91 Å². The second-order valence-corrected chi connectivity index (χ2v) is 11.4. The predicted octanol–water partition coefficient (Wildman–Crippen LogP) is 1.51. The van der Waals surface area contributed by atoms with Gasteiger partial charge in [-0.05, 0) is 36.8 Å². The van der Waals surface area contributed by atoms with Gasteiger partial charge in [0, 0.05) is 23.3 Å². The van der Waals surface area contributed by atoms with E-state index in [2.05, 4.69) is 20.8 Å². The highest BCUT2D eigenvalue weighted by Gasteiger charge is 2.55. The number of thioether (sulfide) groups is 1. The summed E-state index contributed by atoms with van der Waals surface area (Å²) in [4.78, 5) is 60.9. The quantitative estimate of drug-likeness (QED) is 0.149. The summed E-state index contributed by atoms with van der Waals surface area (Å²) >= 11 is 2.05. The van der Waals surface area contributed by atoms with E-state index in [0.717, 1.165) is 53.7 Å². The minimum atomic E-state index is -4.72. The highest BCUT2D eigenvalue weighted by atomic mass is 32.2. The molecule has 0 radical (unpaired) electrons. The van der Waals surface area contributed by atoms with Gasteiger partial charge in [-0.1, -0.05) is 5.16 Å². The summed E-state index contributed by atoms with van der Waals surface area (Å²) in [5, 5.41) is 19.5. The number of carboxylic acid groups (broad SMARTS) is 1. The molecule has 3 amide bonds. The van der Waals surface area contributed by atoms with Gasteiger partial charge in [0.1, 0.15) is 28.9 Å². The number of halogens is 3. The molecule has 17 heteroatoms. The topological polar surface area (TPSA) is 176 Å². The van der Waals surface area contributed by atoms with Gasteiger partial charge < -0.3 is 26.3 Å². The molecule has 5 N–H and O–H groups in total. The smallest absolute Gasteiger partial charge is 0.393 e. The number of alkyl halides is 3. The lowest BCUT2D eigenvalue weighted by molar-refractivity contribution is -0.150. The van der Waals surface area contributed by atoms with Crippen molar-refractivity contribution in [3.05, 3.63) is 33.5 Å². The molecule has 5 rings (SSSR count). The number of β-lactam (4-membered cyclic amide) rings is 2. The maximum Gasteiger partial charge on any atom is 0.393 e. The van der Waals surface area contributed by atoms with Crippen molar-refractivity contribution in [1.29, 1.82) is 0 Å². The number of carbonyl (C=O) groups is 4. The van der Waals surface area contributed by atoms with Crippen LogP contribution in [0.3, 0.4) is 0 Å². The molecule has 214 valence electrons. The Morgan fingerprint density at radius 2 is 2.02 bits per heavy atom. The van der Waals surface area contributed by atoms with Crippen LogP contribution in [0.1, 0.15) is 37.8 Å². The third kappa shape index (κ3) is 5.39. The van der Waals surface area contributed by atoms with E-state index in [4.69, 9.17) is 10.6 Å². The summed E-state index contributed by atoms with van der Waals surface area (Å²) < 4.78 is 40.1. The fourth-order valence-electron chi connectivity index (χ4n) is 4.87. The minimum Gasteiger partial charge on any atom is -0.477 e. The second-order valence-electron chi connectivity index (χ2n) is 9.45. The average Bonchev–Trinajstić information content (AvgIpc) is 3.56. The van der Waals surface area contributed by atoms with Gasteiger partial charge in [-0.3, -0.25) is 19.3 Å². The number of aromatic nitrogens is 1. The zero-order valence-corrected chi connectivity index (χ0v) is 22.2. The maximum absolute atomic E-state index is 13.4. The van der Waals surface area contributed by atoms with Crippen molar-refractivity contribution in [2.45, 2.75) is 55.8 Å². The van der Waals surface area contributed by atoms with Crippen LogP contribution in [-0.4, -0.2) is 80.4 Å². The number of nitrogens with two attached hydrogens (primary N) is 1. The molecule has 0 spiro atoms. The molecule has 0 aromatic carbocycles. The number of oxime groups is 1. The summed E-state index contributed by atoms with van der Waals surface area (Å²) in [6.07, 6.45) is -2.95. The van der Waals surface area contributed by atoms with Crippen molar-refractivity contribution in [2.75, 3.05) is 18.0 Å². The van der Waals surface area contributed by atoms with E-state index in [1.165, 1.54) is 5.38 Å². The molecule has 12 nitrogen and oxygen atoms in total. The lowest BCUT2D eigenvalue weighted by atomic mass is 9.90. The van der Waals surface area contributed by atoms with Crippen LogP contribution >= 0.6 is 23.1 Å². The molecule has 2 atom stereocenters. The zero-order valence-electron chi connectivity index (χ0n) is 20.6. The van der Waals surface area contributed by atoms with Crippen molar-refractivity contribution in [3.63, 3.8) is 0 Å². The monoisotopic (exact) mass is 600 g/mol. The van der Waals surface area contributed by atoms with E-state index in [1.54, 1.807) is 0 Å². The second kappa shape index (κ2) is 10.8. The molecule has 4 heterocycles. The molecule has 2 saturated heterocycles. The third-order valence-electron chi connectivity index (χ3n) is 6.84. The summed E-state index contributed by atoms with van der Waals surface area (Å²) in [6, 6.07) is -1.19. The number of hydrogen-bond acceptors (Lipinski definition) is 10. The Labute approximate surface area is 232 Å². The van der Waals surface area contributed by atoms with Crippen LogP contribution in [0.4, 0.5) is 18.3 Å². The van der Waals surface area contributed by atoms with Crippen LogP contribution in [-0.2, 0) is 24.0 Å². The molecule has 40 heavy (non-hydrogen) atoms. The van der Waals surface area contributed by atoms with Gasteiger partial charge in [0.25, 0.3) is 11.8 Å². The van der Waals surface area contributed by atoms with Crippen LogP contribution in [0, 0.1) is 0 Å². The minimum absolute atomic E-state index is 0.133. The van der Waals surface area contributed by atoms with Crippen molar-refractivity contribution in [2.24, 2.45) is 5.16 Å². The number of nitrogen functional groups attached to an aromatic ring is 1. The van der Waals surface area contributed by atoms with E-state index in [-0.39, 0.29) is 46.1 Å². The molecule has 0 unspecified atom stereocenters. The first-order chi connectivity index (χ1) is 18.9. The van der Waals surface area contributed by atoms with Crippen LogP contribution in [0.5, 0.6) is 0 Å². The molecule has 1 aromatic heterocycles. The van der Waals surface area contributed by atoms with E-state index in [1.807, 2.05) is 0 Å². The van der Waals surface area contributed by atoms with Crippen LogP contribution in [0.25, 0.3) is 0 Å². The van der Waals surface area contributed by atoms with Crippen LogP contribution < -0.4 is 16.4 Å². The van der Waals surface area contributed by atoms with E-state index in [9.17, 15) is 37.5 Å². The normalized spacial score (nSPS) is 24.7. The molecule has 0 bridgehead atoms. The van der Waals surface area contributed by atoms with Crippen LogP contribution in [0.15, 0.2) is 33.0 Å². The molecular formula is C23H23F3N6O6S2. The number of carboxylic acids is 1. The average molecular weight is 601 g/mol. The highest BCUT2D eigenvalue weighted by Crippen LogP contribution is 2.45. The number of hydrogen-bond donors (Lipinski definition) is 4. The van der Waals surface area contributed by atoms with Gasteiger partial charge in [0.15, 0.2) is 10.8 Å². The first-order valence-corrected chi connectivity index (χ1v) is 14.1. The standard InChI is InChI=1S/C23H23F3N6O6S2/c24-23(25,26)5-10(11-6-28-17(11)33)12-7-39-20-15(19(35)32(20)16(12)21(36)37)30-18(34)14(13-8-40-22(27)29-13)31-38-9-3-1-2-4-9/h8-9,15,20H,1-7H2,(H2,27,29)(H,28,33)(H,30,34)(H,36,37)/t15-,20-/m1/s1. The lowest BCUT2D eigenvalue weighted by Crippen LogP contribution is -2.71. The Kier molecular flexibility index (Phi) is 7.52. The van der Waals surface area contributed by atoms with Gasteiger partial charge >= 0.3 is 12.1 Å². The summed E-state index contributed by atoms with van der Waals surface area (Å²) in [5.41, 5.74) is 4.10. The van der Waals surface area contributed by atoms with E-state index < -0.39 is 59.0 Å². The number of nitrogens with zero attached hydrogens (tertiary/aromatic N) is 3. The van der Waals surface area contributed by atoms with Gasteiger partial charge in [-0.25, -0.2) is 9.78 Å². The van der Waals surface area contributed by atoms with E-state index >= 15 is 0 Å². The summed E-state index contributed by atoms with van der Waals surface area (Å²) in [6.45, 7) is -0.145. The number of fused-ring (bicyclic) bond motifs is 1. The molecule has 1 aromatic rings. The van der Waals surface area contributed by atoms with Gasteiger partial charge in [0.05, 0.1) is 6.42 Å². The Hall–Kier alpha value is -3.60. The summed E-state index contributed by atoms with van der Waals surface area (Å²) in [5.74, 6) is -4.20. The Balaban J connectivity index is 1.40. The SMILES string of the molecule is Nc1nc(C(=NOC2CCCC2)C(=O)N[C@@H]2C(=O)N3C(C(=O)O)=C(C(CC(F)(F)F)=C4CNC4=O)CS[C@H]23)cs1. The van der Waals surface area contributed by atoms with Crippen LogP contribution in [0.2, 0.25) is 0 Å². The lowest BCUT2D eigenvalue weighted by Gasteiger charge is -2.49. The molecule has 1 aliphatic carbocycles. The number of amides is 3. The Morgan fingerprint density at radius 3 is 2.58 bits per heavy atom. The number of allylic oxidation sites excluding steroid dienone is 1. The zero-order chi connectivity index (χ0) is 28.8. The molecule has 3 fully saturated rings. The third-order valence-corrected chi connectivity index (χ3v) is 8.79. The molecular weight excluding hydrogens is 577 g/mol. The Bertz CT molecular complexity index is 1370. The largest absolute Gasteiger partial charge is 0.477 e. The number of anilines is 1. The number of nitrogens with one attached hydrogen (secondary N) is 2. The first kappa shape index (κ1) is 27.9. The number of aliphatic carboxylic acids is 1. The maximum atomic E-state index is 13.4. The van der Waals surface area contributed by atoms with Crippen molar-refractivity contribution >= 4 is 57.6 Å². The molecule has 1 saturated carbocycles. The van der Waals surface area contributed by atoms with Crippen molar-refractivity contribution < 1.29 is 42.3 Å². The Morgan fingerprint density at radius 1 is 1.30 bits per heavy atom. The van der Waals surface area contributed by atoms with Crippen molar-refractivity contribution in [3.8, 4) is 0 Å². The fraction of sp³-hybridized carbons (Fsp3) is 0.478. The fourth-order valence-corrected chi connectivity index (χ4v) is 6.80. The summed E-state index contributed by atoms with van der Waals surface area (Å²) in [7, 11) is 0. The number of thiazole rings is 1. The number of rotatable bonds is 8. The highest BCUT2D eigenvalue weighted by molar-refractivity contribution is 8.00. The van der Waals surface area contributed by atoms with Gasteiger partial charge in [-0.15, -0.1) is 23.1 Å². The number of carbonyl (C=O) groups excluding carboxylic acids is 3. The molecule has 3 aliphatic heterocycles. The first-order valence-electron chi connectivity index (χ1n) is 12.2. The van der Waals surface area contributed by atoms with Crippen molar-refractivity contribution in [1.82, 2.24) is 20.5 Å². The molecule has 4 aliphatic rings. The van der Waals surface area contributed by atoms with E-state index in [0.29, 0.717) is 0 Å². The predicted molar refractivity (Wildman–Crippen MR) is 137 cm³/mol. The van der Waals surface area contributed by atoms with Gasteiger partial charge in [-0.2, -0.15) is 13.2 Å².